The molecule has 0 aliphatic rings. The Bertz CT molecular complexity index is 409. The van der Waals surface area contributed by atoms with Gasteiger partial charge in [0.15, 0.2) is 0 Å². The molecular formula is C14H20N2O2S. The van der Waals surface area contributed by atoms with Crippen LogP contribution in [0.2, 0.25) is 0 Å². The first-order valence-electron chi connectivity index (χ1n) is 6.33. The number of hydrogen-bond acceptors (Lipinski definition) is 3. The molecule has 4 nitrogen and oxygen atoms in total. The lowest BCUT2D eigenvalue weighted by Crippen LogP contribution is -2.47. The number of amides is 2. The van der Waals surface area contributed by atoms with Gasteiger partial charge in [-0.25, -0.2) is 0 Å². The maximum absolute atomic E-state index is 11.7. The van der Waals surface area contributed by atoms with E-state index >= 15 is 0 Å². The molecule has 0 heterocycles. The van der Waals surface area contributed by atoms with Gasteiger partial charge < -0.3 is 10.6 Å². The second kappa shape index (κ2) is 8.58. The average molecular weight is 280 g/mol. The summed E-state index contributed by atoms with van der Waals surface area (Å²) in [6, 6.07) is 9.56. The molecule has 1 atom stereocenters. The third-order valence-electron chi connectivity index (χ3n) is 2.66. The van der Waals surface area contributed by atoms with Crippen molar-refractivity contribution in [2.24, 2.45) is 0 Å². The molecule has 2 N–H and O–H groups in total. The lowest BCUT2D eigenvalue weighted by molar-refractivity contribution is -0.127. The van der Waals surface area contributed by atoms with E-state index in [1.807, 2.05) is 18.2 Å². The van der Waals surface area contributed by atoms with E-state index in [2.05, 4.69) is 35.4 Å². The molecule has 0 fully saturated rings. The fourth-order valence-electron chi connectivity index (χ4n) is 1.71. The predicted molar refractivity (Wildman–Crippen MR) is 79.2 cm³/mol. The number of hydrogen-bond donors (Lipinski definition) is 3. The third-order valence-corrected chi connectivity index (χ3v) is 3.03. The summed E-state index contributed by atoms with van der Waals surface area (Å²) in [7, 11) is 0. The number of aryl methyl sites for hydroxylation is 1. The highest BCUT2D eigenvalue weighted by molar-refractivity contribution is 7.80. The molecule has 0 saturated carbocycles. The van der Waals surface area contributed by atoms with Crippen LogP contribution in [0.4, 0.5) is 0 Å². The van der Waals surface area contributed by atoms with E-state index in [9.17, 15) is 9.59 Å². The second-order valence-electron chi connectivity index (χ2n) is 4.32. The first-order valence-corrected chi connectivity index (χ1v) is 6.96. The van der Waals surface area contributed by atoms with E-state index in [1.165, 1.54) is 12.5 Å². The molecule has 1 rings (SSSR count). The Labute approximate surface area is 119 Å². The van der Waals surface area contributed by atoms with Crippen LogP contribution in [-0.4, -0.2) is 30.2 Å². The zero-order valence-corrected chi connectivity index (χ0v) is 12.0. The van der Waals surface area contributed by atoms with Crippen molar-refractivity contribution in [1.82, 2.24) is 10.6 Å². The van der Waals surface area contributed by atoms with Crippen LogP contribution in [-0.2, 0) is 16.0 Å². The van der Waals surface area contributed by atoms with Gasteiger partial charge in [-0.2, -0.15) is 12.6 Å². The highest BCUT2D eigenvalue weighted by Crippen LogP contribution is 2.01. The molecule has 0 aliphatic heterocycles. The Balaban J connectivity index is 2.24. The number of benzene rings is 1. The SMILES string of the molecule is CC(=O)NC(CS)C(=O)NCCCc1ccccc1. The van der Waals surface area contributed by atoms with Crippen LogP contribution in [0.1, 0.15) is 18.9 Å². The van der Waals surface area contributed by atoms with Crippen LogP contribution in [0.5, 0.6) is 0 Å². The molecular weight excluding hydrogens is 260 g/mol. The summed E-state index contributed by atoms with van der Waals surface area (Å²) in [4.78, 5) is 22.7. The van der Waals surface area contributed by atoms with Gasteiger partial charge >= 0.3 is 0 Å². The Kier molecular flexibility index (Phi) is 7.03. The van der Waals surface area contributed by atoms with E-state index < -0.39 is 6.04 Å². The van der Waals surface area contributed by atoms with Gasteiger partial charge in [-0.3, -0.25) is 9.59 Å². The maximum Gasteiger partial charge on any atom is 0.243 e. The van der Waals surface area contributed by atoms with Crippen molar-refractivity contribution in [3.05, 3.63) is 35.9 Å². The molecule has 1 aromatic rings. The molecule has 104 valence electrons. The quantitative estimate of drug-likeness (QED) is 0.519. The molecule has 1 aromatic carbocycles. The zero-order chi connectivity index (χ0) is 14.1. The van der Waals surface area contributed by atoms with Crippen LogP contribution in [0, 0.1) is 0 Å². The molecule has 0 spiro atoms. The Morgan fingerprint density at radius 1 is 1.26 bits per heavy atom. The smallest absolute Gasteiger partial charge is 0.243 e. The monoisotopic (exact) mass is 280 g/mol. The molecule has 0 bridgehead atoms. The van der Waals surface area contributed by atoms with Crippen molar-refractivity contribution in [3.8, 4) is 0 Å². The summed E-state index contributed by atoms with van der Waals surface area (Å²) in [6.07, 6.45) is 1.79. The van der Waals surface area contributed by atoms with Crippen molar-refractivity contribution in [2.75, 3.05) is 12.3 Å². The molecule has 0 aromatic heterocycles. The number of carbonyl (C=O) groups excluding carboxylic acids is 2. The van der Waals surface area contributed by atoms with E-state index in [1.54, 1.807) is 0 Å². The molecule has 19 heavy (non-hydrogen) atoms. The van der Waals surface area contributed by atoms with E-state index in [4.69, 9.17) is 0 Å². The molecule has 1 unspecified atom stereocenters. The van der Waals surface area contributed by atoms with Gasteiger partial charge in [-0.15, -0.1) is 0 Å². The maximum atomic E-state index is 11.7. The molecule has 0 radical (unpaired) electrons. The fraction of sp³-hybridized carbons (Fsp3) is 0.429. The summed E-state index contributed by atoms with van der Waals surface area (Å²) in [5.74, 6) is -0.110. The van der Waals surface area contributed by atoms with Crippen LogP contribution >= 0.6 is 12.6 Å². The van der Waals surface area contributed by atoms with Gasteiger partial charge in [0.05, 0.1) is 0 Å². The van der Waals surface area contributed by atoms with Crippen LogP contribution in [0.25, 0.3) is 0 Å². The van der Waals surface area contributed by atoms with Gasteiger partial charge in [0.2, 0.25) is 11.8 Å². The lowest BCUT2D eigenvalue weighted by Gasteiger charge is -2.15. The minimum absolute atomic E-state index is 0.182. The zero-order valence-electron chi connectivity index (χ0n) is 11.1. The highest BCUT2D eigenvalue weighted by atomic mass is 32.1. The minimum Gasteiger partial charge on any atom is -0.354 e. The van der Waals surface area contributed by atoms with Crippen molar-refractivity contribution in [2.45, 2.75) is 25.8 Å². The Morgan fingerprint density at radius 3 is 2.53 bits per heavy atom. The topological polar surface area (TPSA) is 58.2 Å². The number of carbonyl (C=O) groups is 2. The summed E-state index contributed by atoms with van der Waals surface area (Å²) in [6.45, 7) is 1.98. The lowest BCUT2D eigenvalue weighted by atomic mass is 10.1. The van der Waals surface area contributed by atoms with Gasteiger partial charge in [-0.1, -0.05) is 30.3 Å². The third kappa shape index (κ3) is 6.29. The summed E-state index contributed by atoms with van der Waals surface area (Å²) in [5.41, 5.74) is 1.25. The van der Waals surface area contributed by atoms with Crippen LogP contribution in [0.3, 0.4) is 0 Å². The standard InChI is InChI=1S/C14H20N2O2S/c1-11(17)16-13(10-19)14(18)15-9-5-8-12-6-3-2-4-7-12/h2-4,6-7,13,19H,5,8-10H2,1H3,(H,15,18)(H,16,17). The van der Waals surface area contributed by atoms with E-state index in [0.29, 0.717) is 12.3 Å². The van der Waals surface area contributed by atoms with Crippen LogP contribution in [0.15, 0.2) is 30.3 Å². The van der Waals surface area contributed by atoms with Gasteiger partial charge in [0.1, 0.15) is 6.04 Å². The van der Waals surface area contributed by atoms with Crippen molar-refractivity contribution >= 4 is 24.4 Å². The fourth-order valence-corrected chi connectivity index (χ4v) is 1.97. The van der Waals surface area contributed by atoms with E-state index in [0.717, 1.165) is 12.8 Å². The summed E-state index contributed by atoms with van der Waals surface area (Å²) in [5, 5.41) is 5.37. The summed E-state index contributed by atoms with van der Waals surface area (Å²) < 4.78 is 0. The van der Waals surface area contributed by atoms with Gasteiger partial charge in [0, 0.05) is 19.2 Å². The minimum atomic E-state index is -0.558. The van der Waals surface area contributed by atoms with Crippen LogP contribution < -0.4 is 10.6 Å². The Hall–Kier alpha value is -1.49. The van der Waals surface area contributed by atoms with Crippen molar-refractivity contribution in [1.29, 1.82) is 0 Å². The largest absolute Gasteiger partial charge is 0.354 e. The van der Waals surface area contributed by atoms with Crippen molar-refractivity contribution < 1.29 is 9.59 Å². The molecule has 0 aliphatic carbocycles. The predicted octanol–water partition coefficient (Wildman–Crippen LogP) is 1.17. The van der Waals surface area contributed by atoms with Gasteiger partial charge in [-0.05, 0) is 18.4 Å². The normalized spacial score (nSPS) is 11.7. The van der Waals surface area contributed by atoms with Gasteiger partial charge in [0.25, 0.3) is 0 Å². The van der Waals surface area contributed by atoms with Crippen molar-refractivity contribution in [3.63, 3.8) is 0 Å². The summed E-state index contributed by atoms with van der Waals surface area (Å²) >= 11 is 4.06. The molecule has 2 amide bonds. The Morgan fingerprint density at radius 2 is 1.95 bits per heavy atom. The number of rotatable bonds is 7. The number of nitrogens with one attached hydrogen (secondary N) is 2. The van der Waals surface area contributed by atoms with E-state index in [-0.39, 0.29) is 11.8 Å². The first kappa shape index (κ1) is 15.6. The number of thiol groups is 1. The molecule has 0 saturated heterocycles. The first-order chi connectivity index (χ1) is 9.13. The molecule has 5 heteroatoms. The average Bonchev–Trinajstić information content (AvgIpc) is 2.41. The second-order valence-corrected chi connectivity index (χ2v) is 4.68. The highest BCUT2D eigenvalue weighted by Gasteiger charge is 2.16.